The fraction of sp³-hybridized carbons (Fsp3) is 0.435. The second-order valence-electron chi connectivity index (χ2n) is 8.55. The number of nitrogens with one attached hydrogen (secondary N) is 1. The first kappa shape index (κ1) is 21.5. The van der Waals surface area contributed by atoms with E-state index in [9.17, 15) is 19.5 Å². The Bertz CT molecular complexity index is 1040. The second kappa shape index (κ2) is 8.09. The number of carbonyl (C=O) groups excluding carboxylic acids is 2. The minimum atomic E-state index is -1.03. The van der Waals surface area contributed by atoms with E-state index in [1.54, 1.807) is 0 Å². The van der Waals surface area contributed by atoms with E-state index in [1.807, 2.05) is 31.2 Å². The first-order valence-electron chi connectivity index (χ1n) is 10.4. The van der Waals surface area contributed by atoms with Gasteiger partial charge in [0, 0.05) is 10.4 Å². The number of nitrogens with two attached hydrogens (primary N) is 1. The minimum Gasteiger partial charge on any atom is -0.481 e. The first-order valence-corrected chi connectivity index (χ1v) is 11.2. The number of primary amides is 1. The van der Waals surface area contributed by atoms with Crippen molar-refractivity contribution in [2.45, 2.75) is 51.7 Å². The number of rotatable bonds is 6. The molecule has 2 aliphatic heterocycles. The first-order chi connectivity index (χ1) is 14.7. The zero-order valence-electron chi connectivity index (χ0n) is 17.7. The molecule has 8 heteroatoms. The van der Waals surface area contributed by atoms with Crippen molar-refractivity contribution < 1.29 is 24.2 Å². The quantitative estimate of drug-likeness (QED) is 0.629. The number of carboxylic acids is 1. The van der Waals surface area contributed by atoms with Gasteiger partial charge in [0.05, 0.1) is 29.6 Å². The zero-order chi connectivity index (χ0) is 22.4. The van der Waals surface area contributed by atoms with E-state index in [1.165, 1.54) is 16.9 Å². The molecule has 7 nitrogen and oxygen atoms in total. The Hall–Kier alpha value is -2.71. The molecule has 31 heavy (non-hydrogen) atoms. The highest BCUT2D eigenvalue weighted by molar-refractivity contribution is 7.17. The van der Waals surface area contributed by atoms with Crippen molar-refractivity contribution >= 4 is 34.1 Å². The summed E-state index contributed by atoms with van der Waals surface area (Å²) < 4.78 is 5.69. The summed E-state index contributed by atoms with van der Waals surface area (Å²) in [4.78, 5) is 38.0. The summed E-state index contributed by atoms with van der Waals surface area (Å²) >= 11 is 1.27. The van der Waals surface area contributed by atoms with Crippen molar-refractivity contribution in [2.75, 3.05) is 5.32 Å². The Morgan fingerprint density at radius 1 is 1.13 bits per heavy atom. The topological polar surface area (TPSA) is 119 Å². The number of carboxylic acid groups (broad SMARTS) is 1. The Kier molecular flexibility index (Phi) is 5.61. The molecule has 0 saturated carbocycles. The maximum Gasteiger partial charge on any atom is 0.310 e. The molecule has 2 amide bonds. The predicted octanol–water partition coefficient (Wildman–Crippen LogP) is 3.76. The van der Waals surface area contributed by atoms with E-state index >= 15 is 0 Å². The monoisotopic (exact) mass is 442 g/mol. The number of fused-ring (bicyclic) bond motifs is 2. The number of aliphatic carboxylic acids is 1. The van der Waals surface area contributed by atoms with Crippen LogP contribution in [-0.2, 0) is 14.3 Å². The number of anilines is 1. The zero-order valence-corrected chi connectivity index (χ0v) is 18.5. The van der Waals surface area contributed by atoms with Crippen LogP contribution < -0.4 is 11.1 Å². The number of thiophene rings is 1. The normalized spacial score (nSPS) is 24.5. The van der Waals surface area contributed by atoms with Gasteiger partial charge in [-0.2, -0.15) is 0 Å². The van der Waals surface area contributed by atoms with Crippen molar-refractivity contribution in [3.05, 3.63) is 40.3 Å². The molecule has 164 valence electrons. The van der Waals surface area contributed by atoms with E-state index in [-0.39, 0.29) is 5.56 Å². The van der Waals surface area contributed by atoms with E-state index in [4.69, 9.17) is 10.5 Å². The summed E-state index contributed by atoms with van der Waals surface area (Å²) in [5.74, 6) is -3.38. The Morgan fingerprint density at radius 2 is 1.74 bits per heavy atom. The lowest BCUT2D eigenvalue weighted by atomic mass is 9.78. The standard InChI is InChI=1S/C23H26N2O5S/c1-10(2)12-4-6-13(7-5-12)16-11(3)31-22(19(16)20(24)26)25-21(27)17-14-8-9-15(30-14)18(17)23(28)29/h4-7,10,14-15,17-18H,8-9H2,1-3H3,(H2,24,26)(H,25,27)(H,28,29)/t14-,15+,17+,18+/m1/s1. The molecule has 2 saturated heterocycles. The molecule has 2 aromatic rings. The van der Waals surface area contributed by atoms with Crippen LogP contribution in [0.1, 0.15) is 53.4 Å². The van der Waals surface area contributed by atoms with Gasteiger partial charge in [0.15, 0.2) is 0 Å². The minimum absolute atomic E-state index is 0.254. The van der Waals surface area contributed by atoms with Crippen molar-refractivity contribution in [1.82, 2.24) is 0 Å². The predicted molar refractivity (Wildman–Crippen MR) is 118 cm³/mol. The number of carbonyl (C=O) groups is 3. The molecular weight excluding hydrogens is 416 g/mol. The molecule has 0 spiro atoms. The smallest absolute Gasteiger partial charge is 0.310 e. The number of hydrogen-bond acceptors (Lipinski definition) is 5. The average molecular weight is 443 g/mol. The summed E-state index contributed by atoms with van der Waals surface area (Å²) in [7, 11) is 0. The third kappa shape index (κ3) is 3.74. The van der Waals surface area contributed by atoms with Gasteiger partial charge in [0.25, 0.3) is 5.91 Å². The van der Waals surface area contributed by atoms with Crippen molar-refractivity contribution in [1.29, 1.82) is 0 Å². The maximum absolute atomic E-state index is 13.1. The van der Waals surface area contributed by atoms with Gasteiger partial charge in [-0.25, -0.2) is 0 Å². The SMILES string of the molecule is Cc1sc(NC(=O)[C@@H]2[C@@H](C(=O)O)[C@@H]3CC[C@H]2O3)c(C(N)=O)c1-c1ccc(C(C)C)cc1. The Balaban J connectivity index is 1.67. The Morgan fingerprint density at radius 3 is 2.29 bits per heavy atom. The van der Waals surface area contributed by atoms with Crippen LogP contribution in [0.4, 0.5) is 5.00 Å². The van der Waals surface area contributed by atoms with Crippen LogP contribution in [0.2, 0.25) is 0 Å². The van der Waals surface area contributed by atoms with E-state index in [0.29, 0.717) is 29.3 Å². The molecule has 4 rings (SSSR count). The fourth-order valence-electron chi connectivity index (χ4n) is 4.77. The molecule has 1 aromatic carbocycles. The van der Waals surface area contributed by atoms with Gasteiger partial charge in [-0.1, -0.05) is 38.1 Å². The van der Waals surface area contributed by atoms with Crippen LogP contribution in [0.3, 0.4) is 0 Å². The molecule has 0 aliphatic carbocycles. The molecule has 2 aliphatic rings. The van der Waals surface area contributed by atoms with Gasteiger partial charge in [0.1, 0.15) is 5.00 Å². The molecular formula is C23H26N2O5S. The fourth-order valence-corrected chi connectivity index (χ4v) is 5.85. The lowest BCUT2D eigenvalue weighted by Gasteiger charge is -2.23. The van der Waals surface area contributed by atoms with Gasteiger partial charge < -0.3 is 20.9 Å². The highest BCUT2D eigenvalue weighted by Gasteiger charge is 2.55. The van der Waals surface area contributed by atoms with Crippen molar-refractivity contribution in [2.24, 2.45) is 17.6 Å². The van der Waals surface area contributed by atoms with E-state index in [0.717, 1.165) is 10.4 Å². The van der Waals surface area contributed by atoms with Gasteiger partial charge in [0.2, 0.25) is 5.91 Å². The average Bonchev–Trinajstić information content (AvgIpc) is 3.40. The van der Waals surface area contributed by atoms with Gasteiger partial charge in [-0.3, -0.25) is 14.4 Å². The van der Waals surface area contributed by atoms with Gasteiger partial charge in [-0.15, -0.1) is 11.3 Å². The molecule has 0 unspecified atom stereocenters. The number of hydrogen-bond donors (Lipinski definition) is 3. The number of amides is 2. The number of benzene rings is 1. The van der Waals surface area contributed by atoms with Crippen LogP contribution in [0.15, 0.2) is 24.3 Å². The summed E-state index contributed by atoms with van der Waals surface area (Å²) in [6.45, 7) is 6.09. The largest absolute Gasteiger partial charge is 0.481 e. The van der Waals surface area contributed by atoms with Crippen molar-refractivity contribution in [3.63, 3.8) is 0 Å². The summed E-state index contributed by atoms with van der Waals surface area (Å²) in [6.07, 6.45) is 0.458. The van der Waals surface area contributed by atoms with E-state index < -0.39 is 41.8 Å². The third-order valence-corrected chi connectivity index (χ3v) is 7.32. The van der Waals surface area contributed by atoms with Crippen LogP contribution in [0.5, 0.6) is 0 Å². The lowest BCUT2D eigenvalue weighted by molar-refractivity contribution is -0.147. The molecule has 2 fully saturated rings. The third-order valence-electron chi connectivity index (χ3n) is 6.29. The molecule has 4 N–H and O–H groups in total. The van der Waals surface area contributed by atoms with Crippen LogP contribution in [0, 0.1) is 18.8 Å². The summed E-state index contributed by atoms with van der Waals surface area (Å²) in [5, 5.41) is 12.7. The second-order valence-corrected chi connectivity index (χ2v) is 9.77. The molecule has 1 aromatic heterocycles. The summed E-state index contributed by atoms with van der Waals surface area (Å²) in [6, 6.07) is 7.94. The van der Waals surface area contributed by atoms with Crippen LogP contribution >= 0.6 is 11.3 Å². The van der Waals surface area contributed by atoms with Gasteiger partial charge >= 0.3 is 5.97 Å². The molecule has 3 heterocycles. The number of ether oxygens (including phenoxy) is 1. The summed E-state index contributed by atoms with van der Waals surface area (Å²) in [5.41, 5.74) is 8.69. The Labute approximate surface area is 184 Å². The highest BCUT2D eigenvalue weighted by atomic mass is 32.1. The molecule has 2 bridgehead atoms. The highest BCUT2D eigenvalue weighted by Crippen LogP contribution is 2.45. The number of aryl methyl sites for hydroxylation is 1. The molecule has 0 radical (unpaired) electrons. The molecule has 4 atom stereocenters. The lowest BCUT2D eigenvalue weighted by Crippen LogP contribution is -2.41. The van der Waals surface area contributed by atoms with Crippen LogP contribution in [0.25, 0.3) is 11.1 Å². The van der Waals surface area contributed by atoms with Crippen LogP contribution in [-0.4, -0.2) is 35.1 Å². The maximum atomic E-state index is 13.1. The van der Waals surface area contributed by atoms with E-state index in [2.05, 4.69) is 19.2 Å². The van der Waals surface area contributed by atoms with Gasteiger partial charge in [-0.05, 0) is 36.8 Å². The van der Waals surface area contributed by atoms with Crippen molar-refractivity contribution in [3.8, 4) is 11.1 Å².